The molecule has 2 aromatic heterocycles. The lowest BCUT2D eigenvalue weighted by Crippen LogP contribution is -2.06. The Balaban J connectivity index is 2.53. The third-order valence-corrected chi connectivity index (χ3v) is 2.82. The zero-order valence-corrected chi connectivity index (χ0v) is 11.5. The van der Waals surface area contributed by atoms with E-state index in [0.29, 0.717) is 30.3 Å². The first-order valence-electron chi connectivity index (χ1n) is 6.58. The van der Waals surface area contributed by atoms with Gasteiger partial charge in [-0.25, -0.2) is 4.98 Å². The fourth-order valence-corrected chi connectivity index (χ4v) is 1.99. The SMILES string of the molecule is CCCn1nccc1-c1nc(NCC)ccc1[N+](=O)[O-]. The summed E-state index contributed by atoms with van der Waals surface area (Å²) < 4.78 is 1.74. The number of aromatic nitrogens is 3. The molecule has 0 unspecified atom stereocenters. The number of anilines is 1. The standard InChI is InChI=1S/C13H17N5O2/c1-3-9-17-10(7-8-15-17)13-11(18(19)20)5-6-12(16-13)14-4-2/h5-8H,3-4,9H2,1-2H3,(H,14,16). The Morgan fingerprint density at radius 2 is 2.15 bits per heavy atom. The van der Waals surface area contributed by atoms with Crippen molar-refractivity contribution in [3.63, 3.8) is 0 Å². The average Bonchev–Trinajstić information content (AvgIpc) is 2.87. The minimum atomic E-state index is -0.415. The summed E-state index contributed by atoms with van der Waals surface area (Å²) >= 11 is 0. The van der Waals surface area contributed by atoms with E-state index in [1.165, 1.54) is 6.07 Å². The predicted molar refractivity (Wildman–Crippen MR) is 76.6 cm³/mol. The van der Waals surface area contributed by atoms with Crippen molar-refractivity contribution in [2.45, 2.75) is 26.8 Å². The summed E-state index contributed by atoms with van der Waals surface area (Å²) in [6.07, 6.45) is 2.53. The maximum atomic E-state index is 11.2. The van der Waals surface area contributed by atoms with Crippen molar-refractivity contribution in [1.82, 2.24) is 14.8 Å². The van der Waals surface area contributed by atoms with Crippen LogP contribution in [0.4, 0.5) is 11.5 Å². The van der Waals surface area contributed by atoms with Crippen LogP contribution in [0.2, 0.25) is 0 Å². The fourth-order valence-electron chi connectivity index (χ4n) is 1.99. The third kappa shape index (κ3) is 2.76. The molecular weight excluding hydrogens is 258 g/mol. The lowest BCUT2D eigenvalue weighted by Gasteiger charge is -2.08. The monoisotopic (exact) mass is 275 g/mol. The van der Waals surface area contributed by atoms with Gasteiger partial charge in [-0.3, -0.25) is 14.8 Å². The van der Waals surface area contributed by atoms with E-state index in [4.69, 9.17) is 0 Å². The summed E-state index contributed by atoms with van der Waals surface area (Å²) in [5.41, 5.74) is 1.00. The van der Waals surface area contributed by atoms with Crippen molar-refractivity contribution in [1.29, 1.82) is 0 Å². The van der Waals surface area contributed by atoms with Crippen LogP contribution >= 0.6 is 0 Å². The van der Waals surface area contributed by atoms with Crippen molar-refractivity contribution in [2.75, 3.05) is 11.9 Å². The highest BCUT2D eigenvalue weighted by atomic mass is 16.6. The number of nitrogens with zero attached hydrogens (tertiary/aromatic N) is 4. The Hall–Kier alpha value is -2.44. The Morgan fingerprint density at radius 1 is 1.35 bits per heavy atom. The number of aryl methyl sites for hydroxylation is 1. The largest absolute Gasteiger partial charge is 0.370 e. The Morgan fingerprint density at radius 3 is 2.80 bits per heavy atom. The molecule has 2 aromatic rings. The van der Waals surface area contributed by atoms with E-state index in [2.05, 4.69) is 15.4 Å². The van der Waals surface area contributed by atoms with Crippen LogP contribution in [-0.2, 0) is 6.54 Å². The molecule has 2 rings (SSSR count). The Bertz CT molecular complexity index is 609. The molecule has 0 spiro atoms. The summed E-state index contributed by atoms with van der Waals surface area (Å²) in [6, 6.07) is 4.84. The van der Waals surface area contributed by atoms with Crippen LogP contribution < -0.4 is 5.32 Å². The van der Waals surface area contributed by atoms with Gasteiger partial charge in [-0.2, -0.15) is 5.10 Å². The summed E-state index contributed by atoms with van der Waals surface area (Å²) in [7, 11) is 0. The normalized spacial score (nSPS) is 10.5. The molecule has 0 bridgehead atoms. The second kappa shape index (κ2) is 6.14. The molecule has 0 fully saturated rings. The highest BCUT2D eigenvalue weighted by Gasteiger charge is 2.20. The van der Waals surface area contributed by atoms with Gasteiger partial charge in [0.15, 0.2) is 5.69 Å². The van der Waals surface area contributed by atoms with Crippen LogP contribution in [0.25, 0.3) is 11.4 Å². The van der Waals surface area contributed by atoms with Crippen molar-refractivity contribution in [3.8, 4) is 11.4 Å². The third-order valence-electron chi connectivity index (χ3n) is 2.82. The summed E-state index contributed by atoms with van der Waals surface area (Å²) in [6.45, 7) is 5.39. The average molecular weight is 275 g/mol. The summed E-state index contributed by atoms with van der Waals surface area (Å²) in [5, 5.41) is 18.4. The van der Waals surface area contributed by atoms with Gasteiger partial charge in [0.2, 0.25) is 0 Å². The lowest BCUT2D eigenvalue weighted by molar-refractivity contribution is -0.384. The Kier molecular flexibility index (Phi) is 4.29. The molecule has 0 aliphatic carbocycles. The van der Waals surface area contributed by atoms with E-state index in [1.54, 1.807) is 23.0 Å². The van der Waals surface area contributed by atoms with Gasteiger partial charge in [-0.15, -0.1) is 0 Å². The molecule has 2 heterocycles. The van der Waals surface area contributed by atoms with E-state index in [1.807, 2.05) is 13.8 Å². The first-order chi connectivity index (χ1) is 9.67. The maximum Gasteiger partial charge on any atom is 0.297 e. The predicted octanol–water partition coefficient (Wildman–Crippen LogP) is 2.70. The number of nitro groups is 1. The maximum absolute atomic E-state index is 11.2. The van der Waals surface area contributed by atoms with Gasteiger partial charge >= 0.3 is 0 Å². The van der Waals surface area contributed by atoms with Crippen molar-refractivity contribution in [3.05, 3.63) is 34.5 Å². The molecule has 20 heavy (non-hydrogen) atoms. The second-order valence-corrected chi connectivity index (χ2v) is 4.29. The molecule has 0 atom stereocenters. The fraction of sp³-hybridized carbons (Fsp3) is 0.385. The van der Waals surface area contributed by atoms with Crippen molar-refractivity contribution >= 4 is 11.5 Å². The number of rotatable bonds is 6. The topological polar surface area (TPSA) is 85.9 Å². The lowest BCUT2D eigenvalue weighted by atomic mass is 10.2. The van der Waals surface area contributed by atoms with Gasteiger partial charge < -0.3 is 5.32 Å². The minimum Gasteiger partial charge on any atom is -0.370 e. The van der Waals surface area contributed by atoms with Gasteiger partial charge in [-0.05, 0) is 25.5 Å². The molecule has 7 nitrogen and oxygen atoms in total. The summed E-state index contributed by atoms with van der Waals surface area (Å²) in [4.78, 5) is 15.1. The van der Waals surface area contributed by atoms with Gasteiger partial charge in [0.1, 0.15) is 5.82 Å². The molecule has 0 aliphatic heterocycles. The molecular formula is C13H17N5O2. The van der Waals surface area contributed by atoms with Crippen LogP contribution in [0, 0.1) is 10.1 Å². The minimum absolute atomic E-state index is 0.00972. The first kappa shape index (κ1) is 14.0. The highest BCUT2D eigenvalue weighted by molar-refractivity contribution is 5.68. The van der Waals surface area contributed by atoms with E-state index in [0.717, 1.165) is 6.42 Å². The zero-order chi connectivity index (χ0) is 14.5. The van der Waals surface area contributed by atoms with E-state index < -0.39 is 4.92 Å². The molecule has 0 amide bonds. The Labute approximate surface area is 116 Å². The number of hydrogen-bond donors (Lipinski definition) is 1. The molecule has 0 saturated carbocycles. The van der Waals surface area contributed by atoms with Crippen molar-refractivity contribution in [2.24, 2.45) is 0 Å². The summed E-state index contributed by atoms with van der Waals surface area (Å²) in [5.74, 6) is 0.623. The number of nitrogens with one attached hydrogen (secondary N) is 1. The van der Waals surface area contributed by atoms with Gasteiger partial charge in [0.25, 0.3) is 5.69 Å². The molecule has 0 saturated heterocycles. The van der Waals surface area contributed by atoms with Crippen LogP contribution in [0.1, 0.15) is 20.3 Å². The molecule has 0 aromatic carbocycles. The molecule has 0 radical (unpaired) electrons. The second-order valence-electron chi connectivity index (χ2n) is 4.29. The van der Waals surface area contributed by atoms with Gasteiger partial charge in [0, 0.05) is 25.4 Å². The van der Waals surface area contributed by atoms with E-state index in [9.17, 15) is 10.1 Å². The van der Waals surface area contributed by atoms with Crippen LogP contribution in [-0.4, -0.2) is 26.2 Å². The van der Waals surface area contributed by atoms with E-state index in [-0.39, 0.29) is 5.69 Å². The zero-order valence-electron chi connectivity index (χ0n) is 11.5. The van der Waals surface area contributed by atoms with Crippen molar-refractivity contribution < 1.29 is 4.92 Å². The number of hydrogen-bond acceptors (Lipinski definition) is 5. The molecule has 1 N–H and O–H groups in total. The van der Waals surface area contributed by atoms with Gasteiger partial charge in [0.05, 0.1) is 10.6 Å². The van der Waals surface area contributed by atoms with Crippen LogP contribution in [0.5, 0.6) is 0 Å². The number of pyridine rings is 1. The molecule has 7 heteroatoms. The van der Waals surface area contributed by atoms with Gasteiger partial charge in [-0.1, -0.05) is 6.92 Å². The smallest absolute Gasteiger partial charge is 0.297 e. The first-order valence-corrected chi connectivity index (χ1v) is 6.58. The van der Waals surface area contributed by atoms with Crippen LogP contribution in [0.15, 0.2) is 24.4 Å². The highest BCUT2D eigenvalue weighted by Crippen LogP contribution is 2.29. The van der Waals surface area contributed by atoms with E-state index >= 15 is 0 Å². The molecule has 0 aliphatic rings. The van der Waals surface area contributed by atoms with Crippen LogP contribution in [0.3, 0.4) is 0 Å². The molecule has 106 valence electrons. The quantitative estimate of drug-likeness (QED) is 0.647.